The Morgan fingerprint density at radius 1 is 1.04 bits per heavy atom. The first-order valence-electron chi connectivity index (χ1n) is 8.20. The number of rotatable bonds is 4. The Balaban J connectivity index is 1.58. The van der Waals surface area contributed by atoms with Gasteiger partial charge in [-0.15, -0.1) is 10.2 Å². The van der Waals surface area contributed by atoms with Crippen LogP contribution in [0.25, 0.3) is 22.2 Å². The zero-order valence-electron chi connectivity index (χ0n) is 14.2. The lowest BCUT2D eigenvalue weighted by Gasteiger charge is -2.10. The zero-order valence-corrected chi connectivity index (χ0v) is 14.2. The number of fused-ring (bicyclic) bond motifs is 1. The molecule has 2 aromatic heterocycles. The SMILES string of the molecule is CC(OC(=O)c1n[nH]c(=O)c2ccccc12)c1nnc(-c2ccccc2)o1. The van der Waals surface area contributed by atoms with Crippen LogP contribution in [0.15, 0.2) is 63.8 Å². The standard InChI is InChI=1S/C19H14N4O4/c1-11(17-22-23-18(27-17)12-7-3-2-4-8-12)26-19(25)15-13-9-5-6-10-14(13)16(24)21-20-15/h2-11H,1H3,(H,21,24). The molecule has 0 aliphatic heterocycles. The fraction of sp³-hybridized carbons (Fsp3) is 0.105. The Morgan fingerprint density at radius 3 is 2.52 bits per heavy atom. The molecule has 8 nitrogen and oxygen atoms in total. The summed E-state index contributed by atoms with van der Waals surface area (Å²) in [5.41, 5.74) is 0.405. The Hall–Kier alpha value is -3.81. The van der Waals surface area contributed by atoms with Gasteiger partial charge in [0.2, 0.25) is 5.89 Å². The molecule has 0 amide bonds. The number of carbonyl (C=O) groups excluding carboxylic acids is 1. The van der Waals surface area contributed by atoms with Gasteiger partial charge in [-0.1, -0.05) is 36.4 Å². The van der Waals surface area contributed by atoms with Crippen molar-refractivity contribution in [2.24, 2.45) is 0 Å². The van der Waals surface area contributed by atoms with Crippen LogP contribution < -0.4 is 5.56 Å². The molecule has 1 N–H and O–H groups in total. The molecule has 2 heterocycles. The maximum absolute atomic E-state index is 12.5. The number of H-pyrrole nitrogens is 1. The quantitative estimate of drug-likeness (QED) is 0.556. The highest BCUT2D eigenvalue weighted by molar-refractivity contribution is 6.02. The van der Waals surface area contributed by atoms with Crippen LogP contribution in [-0.2, 0) is 4.74 Å². The molecule has 0 aliphatic carbocycles. The van der Waals surface area contributed by atoms with E-state index in [1.807, 2.05) is 30.3 Å². The maximum atomic E-state index is 12.5. The number of aromatic amines is 1. The van der Waals surface area contributed by atoms with Crippen molar-refractivity contribution < 1.29 is 13.9 Å². The van der Waals surface area contributed by atoms with E-state index in [9.17, 15) is 9.59 Å². The van der Waals surface area contributed by atoms with Gasteiger partial charge in [0.15, 0.2) is 11.8 Å². The van der Waals surface area contributed by atoms with E-state index in [0.29, 0.717) is 16.7 Å². The van der Waals surface area contributed by atoms with Gasteiger partial charge in [0.25, 0.3) is 11.4 Å². The number of hydrogen-bond donors (Lipinski definition) is 1. The van der Waals surface area contributed by atoms with Gasteiger partial charge in [0, 0.05) is 10.9 Å². The molecule has 0 bridgehead atoms. The highest BCUT2D eigenvalue weighted by Gasteiger charge is 2.22. The molecule has 4 aromatic rings. The molecule has 1 unspecified atom stereocenters. The van der Waals surface area contributed by atoms with E-state index in [4.69, 9.17) is 9.15 Å². The first-order valence-corrected chi connectivity index (χ1v) is 8.20. The van der Waals surface area contributed by atoms with E-state index in [-0.39, 0.29) is 17.1 Å². The average molecular weight is 362 g/mol. The second kappa shape index (κ2) is 6.83. The predicted octanol–water partition coefficient (Wildman–Crippen LogP) is 2.89. The number of carbonyl (C=O) groups is 1. The number of hydrogen-bond acceptors (Lipinski definition) is 7. The van der Waals surface area contributed by atoms with Crippen LogP contribution >= 0.6 is 0 Å². The van der Waals surface area contributed by atoms with Gasteiger partial charge in [-0.05, 0) is 25.1 Å². The topological polar surface area (TPSA) is 111 Å². The first-order chi connectivity index (χ1) is 13.1. The largest absolute Gasteiger partial charge is 0.448 e. The van der Waals surface area contributed by atoms with E-state index in [0.717, 1.165) is 5.56 Å². The third-order valence-electron chi connectivity index (χ3n) is 3.98. The molecule has 2 aromatic carbocycles. The third kappa shape index (κ3) is 3.20. The maximum Gasteiger partial charge on any atom is 0.360 e. The molecular formula is C19H14N4O4. The highest BCUT2D eigenvalue weighted by atomic mass is 16.6. The summed E-state index contributed by atoms with van der Waals surface area (Å²) in [6.45, 7) is 1.62. The van der Waals surface area contributed by atoms with Crippen molar-refractivity contribution in [3.63, 3.8) is 0 Å². The monoisotopic (exact) mass is 362 g/mol. The lowest BCUT2D eigenvalue weighted by Crippen LogP contribution is -2.17. The summed E-state index contributed by atoms with van der Waals surface area (Å²) in [4.78, 5) is 24.4. The van der Waals surface area contributed by atoms with Gasteiger partial charge in [0.05, 0.1) is 5.39 Å². The molecule has 1 atom stereocenters. The van der Waals surface area contributed by atoms with Gasteiger partial charge in [-0.25, -0.2) is 9.89 Å². The van der Waals surface area contributed by atoms with Crippen LogP contribution in [0.5, 0.6) is 0 Å². The van der Waals surface area contributed by atoms with E-state index in [1.54, 1.807) is 31.2 Å². The zero-order chi connectivity index (χ0) is 18.8. The Morgan fingerprint density at radius 2 is 1.74 bits per heavy atom. The molecular weight excluding hydrogens is 348 g/mol. The first kappa shape index (κ1) is 16.6. The number of benzene rings is 2. The summed E-state index contributed by atoms with van der Waals surface area (Å²) >= 11 is 0. The Labute approximate surface area is 152 Å². The molecule has 0 saturated carbocycles. The summed E-state index contributed by atoms with van der Waals surface area (Å²) in [7, 11) is 0. The lowest BCUT2D eigenvalue weighted by molar-refractivity contribution is 0.0274. The van der Waals surface area contributed by atoms with Gasteiger partial charge < -0.3 is 9.15 Å². The van der Waals surface area contributed by atoms with Crippen molar-refractivity contribution in [2.75, 3.05) is 0 Å². The summed E-state index contributed by atoms with van der Waals surface area (Å²) in [5, 5.41) is 14.8. The van der Waals surface area contributed by atoms with Gasteiger partial charge >= 0.3 is 5.97 Å². The van der Waals surface area contributed by atoms with Crippen molar-refractivity contribution in [3.8, 4) is 11.5 Å². The van der Waals surface area contributed by atoms with Crippen LogP contribution in [0.4, 0.5) is 0 Å². The molecule has 0 saturated heterocycles. The third-order valence-corrected chi connectivity index (χ3v) is 3.98. The average Bonchev–Trinajstić information content (AvgIpc) is 3.19. The molecule has 8 heteroatoms. The van der Waals surface area contributed by atoms with Crippen molar-refractivity contribution in [1.82, 2.24) is 20.4 Å². The van der Waals surface area contributed by atoms with E-state index in [2.05, 4.69) is 20.4 Å². The number of nitrogens with one attached hydrogen (secondary N) is 1. The second-order valence-electron chi connectivity index (χ2n) is 5.81. The van der Waals surface area contributed by atoms with E-state index < -0.39 is 12.1 Å². The molecule has 0 radical (unpaired) electrons. The highest BCUT2D eigenvalue weighted by Crippen LogP contribution is 2.23. The minimum atomic E-state index is -0.782. The van der Waals surface area contributed by atoms with E-state index in [1.165, 1.54) is 0 Å². The number of esters is 1. The molecule has 27 heavy (non-hydrogen) atoms. The molecule has 0 aliphatic rings. The van der Waals surface area contributed by atoms with Crippen molar-refractivity contribution in [2.45, 2.75) is 13.0 Å². The van der Waals surface area contributed by atoms with Gasteiger partial charge in [0.1, 0.15) is 0 Å². The summed E-state index contributed by atoms with van der Waals surface area (Å²) in [5.74, 6) is -0.202. The number of aromatic nitrogens is 4. The van der Waals surface area contributed by atoms with Crippen LogP contribution in [0.1, 0.15) is 29.4 Å². The van der Waals surface area contributed by atoms with Crippen LogP contribution in [0.2, 0.25) is 0 Å². The molecule has 0 spiro atoms. The van der Waals surface area contributed by atoms with Crippen molar-refractivity contribution in [1.29, 1.82) is 0 Å². The fourth-order valence-electron chi connectivity index (χ4n) is 2.63. The van der Waals surface area contributed by atoms with Crippen LogP contribution in [-0.4, -0.2) is 26.4 Å². The van der Waals surface area contributed by atoms with Crippen LogP contribution in [0, 0.1) is 0 Å². The molecule has 4 rings (SSSR count). The second-order valence-corrected chi connectivity index (χ2v) is 5.81. The lowest BCUT2D eigenvalue weighted by atomic mass is 10.1. The van der Waals surface area contributed by atoms with Gasteiger partial charge in [-0.2, -0.15) is 5.10 Å². The summed E-state index contributed by atoms with van der Waals surface area (Å²) in [6.07, 6.45) is -0.782. The van der Waals surface area contributed by atoms with E-state index >= 15 is 0 Å². The summed E-state index contributed by atoms with van der Waals surface area (Å²) in [6, 6.07) is 15.9. The number of nitrogens with zero attached hydrogens (tertiary/aromatic N) is 3. The smallest absolute Gasteiger partial charge is 0.360 e. The normalized spacial score (nSPS) is 12.0. The molecule has 134 valence electrons. The van der Waals surface area contributed by atoms with Crippen molar-refractivity contribution >= 4 is 16.7 Å². The number of ether oxygens (including phenoxy) is 1. The Bertz CT molecular complexity index is 1170. The van der Waals surface area contributed by atoms with Crippen molar-refractivity contribution in [3.05, 3.63) is 76.5 Å². The Kier molecular flexibility index (Phi) is 4.21. The minimum absolute atomic E-state index is 0.0137. The fourth-order valence-corrected chi connectivity index (χ4v) is 2.63. The predicted molar refractivity (Wildman–Crippen MR) is 95.9 cm³/mol. The van der Waals surface area contributed by atoms with Crippen LogP contribution in [0.3, 0.4) is 0 Å². The summed E-state index contributed by atoms with van der Waals surface area (Å²) < 4.78 is 11.0. The van der Waals surface area contributed by atoms with Gasteiger partial charge in [-0.3, -0.25) is 4.79 Å². The minimum Gasteiger partial charge on any atom is -0.448 e. The molecule has 0 fully saturated rings.